The minimum atomic E-state index is -0.460. The Labute approximate surface area is 126 Å². The van der Waals surface area contributed by atoms with E-state index < -0.39 is 5.97 Å². The smallest absolute Gasteiger partial charge is 0.337 e. The van der Waals surface area contributed by atoms with Gasteiger partial charge in [0.1, 0.15) is 11.2 Å². The Bertz CT molecular complexity index is 931. The predicted octanol–water partition coefficient (Wildman–Crippen LogP) is 1.88. The second-order valence-corrected chi connectivity index (χ2v) is 4.73. The first-order valence-corrected chi connectivity index (χ1v) is 6.65. The van der Waals surface area contributed by atoms with Gasteiger partial charge in [0.2, 0.25) is 0 Å². The third-order valence-electron chi connectivity index (χ3n) is 3.30. The van der Waals surface area contributed by atoms with Crippen LogP contribution in [0.25, 0.3) is 16.9 Å². The van der Waals surface area contributed by atoms with Crippen LogP contribution < -0.4 is 5.56 Å². The van der Waals surface area contributed by atoms with Crippen molar-refractivity contribution in [1.82, 2.24) is 14.5 Å². The number of ether oxygens (including phenoxy) is 1. The van der Waals surface area contributed by atoms with E-state index in [0.29, 0.717) is 28.1 Å². The summed E-state index contributed by atoms with van der Waals surface area (Å²) in [6.07, 6.45) is 1.60. The van der Waals surface area contributed by atoms with Gasteiger partial charge in [-0.2, -0.15) is 0 Å². The Morgan fingerprint density at radius 2 is 2.05 bits per heavy atom. The Morgan fingerprint density at radius 1 is 1.23 bits per heavy atom. The molecule has 0 saturated heterocycles. The number of fused-ring (bicyclic) bond motifs is 1. The molecule has 3 rings (SSSR count). The van der Waals surface area contributed by atoms with Gasteiger partial charge in [-0.1, -0.05) is 6.07 Å². The van der Waals surface area contributed by atoms with Gasteiger partial charge < -0.3 is 4.74 Å². The molecule has 0 aliphatic heterocycles. The number of benzene rings is 1. The van der Waals surface area contributed by atoms with Crippen LogP contribution in [0.5, 0.6) is 0 Å². The summed E-state index contributed by atoms with van der Waals surface area (Å²) in [7, 11) is 1.31. The molecule has 0 unspecified atom stereocenters. The van der Waals surface area contributed by atoms with Gasteiger partial charge in [-0.15, -0.1) is 0 Å². The zero-order valence-electron chi connectivity index (χ0n) is 12.1. The lowest BCUT2D eigenvalue weighted by Crippen LogP contribution is -2.23. The molecule has 0 radical (unpaired) electrons. The Kier molecular flexibility index (Phi) is 3.42. The van der Waals surface area contributed by atoms with Crippen molar-refractivity contribution >= 4 is 17.1 Å². The summed E-state index contributed by atoms with van der Waals surface area (Å²) in [6, 6.07) is 10.2. The summed E-state index contributed by atoms with van der Waals surface area (Å²) in [5, 5.41) is 0. The fourth-order valence-corrected chi connectivity index (χ4v) is 2.26. The van der Waals surface area contributed by atoms with Crippen LogP contribution in [0, 0.1) is 6.92 Å². The molecule has 0 fully saturated rings. The Morgan fingerprint density at radius 3 is 2.82 bits per heavy atom. The summed E-state index contributed by atoms with van der Waals surface area (Å²) in [5.41, 5.74) is 2.06. The molecule has 1 aromatic carbocycles. The molecule has 0 spiro atoms. The van der Waals surface area contributed by atoms with Crippen LogP contribution in [-0.2, 0) is 4.74 Å². The Hall–Kier alpha value is -3.02. The van der Waals surface area contributed by atoms with Crippen molar-refractivity contribution in [2.45, 2.75) is 6.92 Å². The molecule has 6 heteroatoms. The monoisotopic (exact) mass is 295 g/mol. The van der Waals surface area contributed by atoms with Crippen LogP contribution >= 0.6 is 0 Å². The van der Waals surface area contributed by atoms with Gasteiger partial charge in [0.15, 0.2) is 5.65 Å². The lowest BCUT2D eigenvalue weighted by atomic mass is 10.2. The van der Waals surface area contributed by atoms with Gasteiger partial charge in [-0.25, -0.2) is 14.8 Å². The van der Waals surface area contributed by atoms with E-state index in [1.807, 2.05) is 0 Å². The van der Waals surface area contributed by atoms with Crippen LogP contribution in [0.15, 0.2) is 47.4 Å². The molecule has 2 heterocycles. The zero-order chi connectivity index (χ0) is 15.7. The summed E-state index contributed by atoms with van der Waals surface area (Å²) in [5.74, 6) is -0.460. The second-order valence-electron chi connectivity index (χ2n) is 4.73. The average molecular weight is 295 g/mol. The number of methoxy groups -OCH3 is 1. The van der Waals surface area contributed by atoms with Gasteiger partial charge >= 0.3 is 5.97 Å². The highest BCUT2D eigenvalue weighted by atomic mass is 16.5. The van der Waals surface area contributed by atoms with E-state index >= 15 is 0 Å². The number of carbonyl (C=O) groups excluding carboxylic acids is 1. The van der Waals surface area contributed by atoms with Gasteiger partial charge in [-0.05, 0) is 37.3 Å². The molecule has 0 saturated carbocycles. The summed E-state index contributed by atoms with van der Waals surface area (Å²) < 4.78 is 6.16. The molecule has 22 heavy (non-hydrogen) atoms. The number of hydrogen-bond acceptors (Lipinski definition) is 5. The largest absolute Gasteiger partial charge is 0.465 e. The maximum atomic E-state index is 12.5. The van der Waals surface area contributed by atoms with E-state index in [2.05, 4.69) is 9.97 Å². The van der Waals surface area contributed by atoms with Crippen LogP contribution in [-0.4, -0.2) is 27.6 Å². The highest BCUT2D eigenvalue weighted by molar-refractivity contribution is 5.90. The van der Waals surface area contributed by atoms with Crippen molar-refractivity contribution < 1.29 is 9.53 Å². The molecule has 6 nitrogen and oxygen atoms in total. The van der Waals surface area contributed by atoms with Gasteiger partial charge in [0.25, 0.3) is 5.56 Å². The second kappa shape index (κ2) is 5.40. The first-order chi connectivity index (χ1) is 10.6. The lowest BCUT2D eigenvalue weighted by Gasteiger charge is -2.11. The first-order valence-electron chi connectivity index (χ1n) is 6.65. The molecule has 3 aromatic rings. The molecule has 0 aliphatic carbocycles. The SMILES string of the molecule is COC(=O)c1cccc(-n2c(=O)c(C)nc3cccnc32)c1. The minimum absolute atomic E-state index is 0.270. The summed E-state index contributed by atoms with van der Waals surface area (Å²) in [4.78, 5) is 32.6. The summed E-state index contributed by atoms with van der Waals surface area (Å²) >= 11 is 0. The number of aromatic nitrogens is 3. The van der Waals surface area contributed by atoms with Crippen molar-refractivity contribution in [3.05, 3.63) is 64.2 Å². The summed E-state index contributed by atoms with van der Waals surface area (Å²) in [6.45, 7) is 1.65. The van der Waals surface area contributed by atoms with Crippen molar-refractivity contribution in [3.8, 4) is 5.69 Å². The maximum absolute atomic E-state index is 12.5. The molecular formula is C16H13N3O3. The predicted molar refractivity (Wildman–Crippen MR) is 81.2 cm³/mol. The van der Waals surface area contributed by atoms with E-state index in [4.69, 9.17) is 4.74 Å². The Balaban J connectivity index is 2.33. The van der Waals surface area contributed by atoms with E-state index in [9.17, 15) is 9.59 Å². The van der Waals surface area contributed by atoms with Gasteiger partial charge in [0.05, 0.1) is 18.4 Å². The van der Waals surface area contributed by atoms with E-state index in [1.54, 1.807) is 49.5 Å². The van der Waals surface area contributed by atoms with E-state index in [-0.39, 0.29) is 5.56 Å². The van der Waals surface area contributed by atoms with Crippen molar-refractivity contribution in [1.29, 1.82) is 0 Å². The average Bonchev–Trinajstić information content (AvgIpc) is 2.55. The molecule has 0 amide bonds. The molecule has 0 aliphatic rings. The van der Waals surface area contributed by atoms with Crippen LogP contribution in [0.3, 0.4) is 0 Å². The minimum Gasteiger partial charge on any atom is -0.465 e. The van der Waals surface area contributed by atoms with Crippen molar-refractivity contribution in [3.63, 3.8) is 0 Å². The standard InChI is InChI=1S/C16H13N3O3/c1-10-15(20)19(14-13(18-10)7-4-8-17-14)12-6-3-5-11(9-12)16(21)22-2/h3-9H,1-2H3. The topological polar surface area (TPSA) is 74.1 Å². The number of aryl methyl sites for hydroxylation is 1. The molecule has 2 aromatic heterocycles. The molecule has 110 valence electrons. The first kappa shape index (κ1) is 13.9. The molecule has 0 N–H and O–H groups in total. The fraction of sp³-hybridized carbons (Fsp3) is 0.125. The molecule has 0 atom stereocenters. The van der Waals surface area contributed by atoms with Crippen molar-refractivity contribution in [2.24, 2.45) is 0 Å². The highest BCUT2D eigenvalue weighted by Gasteiger charge is 2.13. The third kappa shape index (κ3) is 2.24. The van der Waals surface area contributed by atoms with Crippen LogP contribution in [0.4, 0.5) is 0 Å². The fourth-order valence-electron chi connectivity index (χ4n) is 2.26. The van der Waals surface area contributed by atoms with E-state index in [0.717, 1.165) is 0 Å². The normalized spacial score (nSPS) is 10.6. The quantitative estimate of drug-likeness (QED) is 0.675. The van der Waals surface area contributed by atoms with Crippen LogP contribution in [0.1, 0.15) is 16.1 Å². The number of nitrogens with zero attached hydrogens (tertiary/aromatic N) is 3. The van der Waals surface area contributed by atoms with Crippen LogP contribution in [0.2, 0.25) is 0 Å². The number of rotatable bonds is 2. The van der Waals surface area contributed by atoms with Gasteiger partial charge in [0, 0.05) is 6.20 Å². The number of pyridine rings is 1. The molecular weight excluding hydrogens is 282 g/mol. The van der Waals surface area contributed by atoms with E-state index in [1.165, 1.54) is 11.7 Å². The van der Waals surface area contributed by atoms with Gasteiger partial charge in [-0.3, -0.25) is 9.36 Å². The number of carbonyl (C=O) groups is 1. The number of hydrogen-bond donors (Lipinski definition) is 0. The lowest BCUT2D eigenvalue weighted by molar-refractivity contribution is 0.0600. The highest BCUT2D eigenvalue weighted by Crippen LogP contribution is 2.15. The molecule has 0 bridgehead atoms. The third-order valence-corrected chi connectivity index (χ3v) is 3.30. The van der Waals surface area contributed by atoms with Crippen molar-refractivity contribution in [2.75, 3.05) is 7.11 Å². The zero-order valence-corrected chi connectivity index (χ0v) is 12.1. The maximum Gasteiger partial charge on any atom is 0.337 e. The number of esters is 1.